The zero-order valence-corrected chi connectivity index (χ0v) is 9.91. The van der Waals surface area contributed by atoms with Gasteiger partial charge in [0, 0.05) is 24.1 Å². The molecular weight excluding hydrogens is 237 g/mol. The topological polar surface area (TPSA) is 98.2 Å². The molecule has 0 heterocycles. The van der Waals surface area contributed by atoms with E-state index in [0.717, 1.165) is 0 Å². The van der Waals surface area contributed by atoms with Gasteiger partial charge in [-0.25, -0.2) is 4.39 Å². The van der Waals surface area contributed by atoms with E-state index in [1.807, 2.05) is 0 Å². The summed E-state index contributed by atoms with van der Waals surface area (Å²) in [6.07, 6.45) is 0.878. The van der Waals surface area contributed by atoms with E-state index in [4.69, 9.17) is 11.5 Å². The van der Waals surface area contributed by atoms with Gasteiger partial charge in [0.05, 0.1) is 0 Å². The van der Waals surface area contributed by atoms with Crippen molar-refractivity contribution in [1.82, 2.24) is 5.32 Å². The van der Waals surface area contributed by atoms with Crippen LogP contribution < -0.4 is 16.8 Å². The zero-order valence-electron chi connectivity index (χ0n) is 9.91. The number of primary amides is 2. The summed E-state index contributed by atoms with van der Waals surface area (Å²) in [7, 11) is 0. The van der Waals surface area contributed by atoms with Gasteiger partial charge < -0.3 is 16.8 Å². The molecule has 0 aliphatic heterocycles. The molecule has 0 fully saturated rings. The summed E-state index contributed by atoms with van der Waals surface area (Å²) in [6, 6.07) is 3.97. The molecule has 18 heavy (non-hydrogen) atoms. The summed E-state index contributed by atoms with van der Waals surface area (Å²) >= 11 is 0. The summed E-state index contributed by atoms with van der Waals surface area (Å²) < 4.78 is 13.4. The molecule has 6 heteroatoms. The van der Waals surface area contributed by atoms with Crippen LogP contribution in [0.15, 0.2) is 18.2 Å². The van der Waals surface area contributed by atoms with Crippen LogP contribution in [0.5, 0.6) is 0 Å². The molecule has 1 aromatic rings. The average Bonchev–Trinajstić information content (AvgIpc) is 2.30. The van der Waals surface area contributed by atoms with E-state index in [1.165, 1.54) is 18.2 Å². The summed E-state index contributed by atoms with van der Waals surface area (Å²) in [5, 5.41) is 2.96. The summed E-state index contributed by atoms with van der Waals surface area (Å²) in [6.45, 7) is 0.814. The fourth-order valence-corrected chi connectivity index (χ4v) is 1.47. The highest BCUT2D eigenvalue weighted by Gasteiger charge is 2.06. The number of hydrogen-bond acceptors (Lipinski definition) is 3. The quantitative estimate of drug-likeness (QED) is 0.609. The van der Waals surface area contributed by atoms with Crippen molar-refractivity contribution < 1.29 is 14.0 Å². The van der Waals surface area contributed by atoms with E-state index in [0.29, 0.717) is 18.5 Å². The number of carbonyl (C=O) groups is 2. The second kappa shape index (κ2) is 6.70. The molecule has 2 amide bonds. The first-order valence-corrected chi connectivity index (χ1v) is 5.58. The third-order valence-electron chi connectivity index (χ3n) is 2.42. The summed E-state index contributed by atoms with van der Waals surface area (Å²) in [5.74, 6) is -1.36. The van der Waals surface area contributed by atoms with Crippen LogP contribution in [0, 0.1) is 5.82 Å². The maximum atomic E-state index is 13.4. The van der Waals surface area contributed by atoms with Crippen molar-refractivity contribution in [2.45, 2.75) is 19.4 Å². The van der Waals surface area contributed by atoms with E-state index in [-0.39, 0.29) is 24.4 Å². The van der Waals surface area contributed by atoms with Gasteiger partial charge in [-0.2, -0.15) is 0 Å². The monoisotopic (exact) mass is 253 g/mol. The number of halogens is 1. The SMILES string of the molecule is NC(=O)CCCNCc1cc(C(N)=O)ccc1F. The van der Waals surface area contributed by atoms with Crippen LogP contribution in [0.3, 0.4) is 0 Å². The van der Waals surface area contributed by atoms with Crippen molar-refractivity contribution in [2.24, 2.45) is 11.5 Å². The van der Waals surface area contributed by atoms with Gasteiger partial charge in [-0.15, -0.1) is 0 Å². The summed E-state index contributed by atoms with van der Waals surface area (Å²) in [5.41, 5.74) is 10.7. The lowest BCUT2D eigenvalue weighted by atomic mass is 10.1. The minimum Gasteiger partial charge on any atom is -0.370 e. The number of carbonyl (C=O) groups excluding carboxylic acids is 2. The van der Waals surface area contributed by atoms with Crippen molar-refractivity contribution in [3.8, 4) is 0 Å². The number of rotatable bonds is 7. The Hall–Kier alpha value is -1.95. The van der Waals surface area contributed by atoms with Crippen molar-refractivity contribution in [1.29, 1.82) is 0 Å². The molecule has 0 spiro atoms. The number of nitrogens with two attached hydrogens (primary N) is 2. The molecule has 98 valence electrons. The fourth-order valence-electron chi connectivity index (χ4n) is 1.47. The van der Waals surface area contributed by atoms with E-state index in [1.54, 1.807) is 0 Å². The molecule has 0 unspecified atom stereocenters. The first-order chi connectivity index (χ1) is 8.50. The third kappa shape index (κ3) is 4.50. The molecule has 0 bridgehead atoms. The van der Waals surface area contributed by atoms with Gasteiger partial charge in [0.25, 0.3) is 0 Å². The predicted molar refractivity (Wildman–Crippen MR) is 65.1 cm³/mol. The Morgan fingerprint density at radius 1 is 1.28 bits per heavy atom. The van der Waals surface area contributed by atoms with Crippen molar-refractivity contribution in [3.05, 3.63) is 35.1 Å². The lowest BCUT2D eigenvalue weighted by molar-refractivity contribution is -0.118. The smallest absolute Gasteiger partial charge is 0.248 e. The average molecular weight is 253 g/mol. The second-order valence-corrected chi connectivity index (χ2v) is 3.92. The third-order valence-corrected chi connectivity index (χ3v) is 2.42. The largest absolute Gasteiger partial charge is 0.370 e. The molecule has 0 aliphatic rings. The van der Waals surface area contributed by atoms with Gasteiger partial charge in [-0.3, -0.25) is 9.59 Å². The molecule has 5 nitrogen and oxygen atoms in total. The summed E-state index contributed by atoms with van der Waals surface area (Å²) in [4.78, 5) is 21.4. The highest BCUT2D eigenvalue weighted by molar-refractivity contribution is 5.92. The number of nitrogens with one attached hydrogen (secondary N) is 1. The number of benzene rings is 1. The van der Waals surface area contributed by atoms with E-state index >= 15 is 0 Å². The van der Waals surface area contributed by atoms with Gasteiger partial charge in [0.15, 0.2) is 0 Å². The minimum atomic E-state index is -0.593. The first-order valence-electron chi connectivity index (χ1n) is 5.58. The van der Waals surface area contributed by atoms with Crippen molar-refractivity contribution in [3.63, 3.8) is 0 Å². The Bertz CT molecular complexity index is 449. The lowest BCUT2D eigenvalue weighted by Gasteiger charge is -2.06. The van der Waals surface area contributed by atoms with Crippen LogP contribution >= 0.6 is 0 Å². The highest BCUT2D eigenvalue weighted by Crippen LogP contribution is 2.10. The van der Waals surface area contributed by atoms with Gasteiger partial charge in [0.1, 0.15) is 5.82 Å². The molecule has 0 aliphatic carbocycles. The molecule has 0 radical (unpaired) electrons. The fraction of sp³-hybridized carbons (Fsp3) is 0.333. The molecule has 0 saturated carbocycles. The van der Waals surface area contributed by atoms with Crippen LogP contribution in [-0.2, 0) is 11.3 Å². The van der Waals surface area contributed by atoms with E-state index in [9.17, 15) is 14.0 Å². The molecule has 1 aromatic carbocycles. The van der Waals surface area contributed by atoms with E-state index < -0.39 is 11.7 Å². The van der Waals surface area contributed by atoms with Gasteiger partial charge >= 0.3 is 0 Å². The zero-order chi connectivity index (χ0) is 13.5. The molecule has 0 aromatic heterocycles. The maximum absolute atomic E-state index is 13.4. The Kier molecular flexibility index (Phi) is 5.26. The van der Waals surface area contributed by atoms with Crippen LogP contribution in [0.2, 0.25) is 0 Å². The lowest BCUT2D eigenvalue weighted by Crippen LogP contribution is -2.19. The predicted octanol–water partition coefficient (Wildman–Crippen LogP) is 0.280. The second-order valence-electron chi connectivity index (χ2n) is 3.92. The van der Waals surface area contributed by atoms with Crippen LogP contribution in [-0.4, -0.2) is 18.4 Å². The number of hydrogen-bond donors (Lipinski definition) is 3. The maximum Gasteiger partial charge on any atom is 0.248 e. The van der Waals surface area contributed by atoms with Crippen LogP contribution in [0.1, 0.15) is 28.8 Å². The molecule has 5 N–H and O–H groups in total. The van der Waals surface area contributed by atoms with Gasteiger partial charge in [-0.05, 0) is 31.2 Å². The van der Waals surface area contributed by atoms with Crippen LogP contribution in [0.25, 0.3) is 0 Å². The Labute approximate surface area is 104 Å². The van der Waals surface area contributed by atoms with Crippen LogP contribution in [0.4, 0.5) is 4.39 Å². The minimum absolute atomic E-state index is 0.269. The Morgan fingerprint density at radius 2 is 2.00 bits per heavy atom. The normalized spacial score (nSPS) is 10.3. The first kappa shape index (κ1) is 14.1. The van der Waals surface area contributed by atoms with Crippen molar-refractivity contribution in [2.75, 3.05) is 6.54 Å². The molecule has 1 rings (SSSR count). The number of amides is 2. The van der Waals surface area contributed by atoms with E-state index in [2.05, 4.69) is 5.32 Å². The molecule has 0 saturated heterocycles. The van der Waals surface area contributed by atoms with Gasteiger partial charge in [0.2, 0.25) is 11.8 Å². The Morgan fingerprint density at radius 3 is 2.61 bits per heavy atom. The molecular formula is C12H16FN3O2. The standard InChI is InChI=1S/C12H16FN3O2/c13-10-4-3-8(12(15)18)6-9(10)7-16-5-1-2-11(14)17/h3-4,6,16H,1-2,5,7H2,(H2,14,17)(H2,15,18). The van der Waals surface area contributed by atoms with Crippen molar-refractivity contribution >= 4 is 11.8 Å². The van der Waals surface area contributed by atoms with Gasteiger partial charge in [-0.1, -0.05) is 0 Å². The molecule has 0 atom stereocenters. The Balaban J connectivity index is 2.48. The highest BCUT2D eigenvalue weighted by atomic mass is 19.1.